The van der Waals surface area contributed by atoms with Crippen LogP contribution in [0.25, 0.3) is 22.4 Å². The number of hydrogen-bond acceptors (Lipinski definition) is 8. The van der Waals surface area contributed by atoms with Crippen LogP contribution in [0.15, 0.2) is 49.3 Å². The maximum atomic E-state index is 5.02. The fourth-order valence-corrected chi connectivity index (χ4v) is 2.77. The monoisotopic (exact) mass is 376 g/mol. The molecule has 4 rings (SSSR count). The zero-order valence-corrected chi connectivity index (χ0v) is 15.6. The van der Waals surface area contributed by atoms with Crippen molar-refractivity contribution >= 4 is 28.4 Å². The third kappa shape index (κ3) is 3.74. The van der Waals surface area contributed by atoms with Crippen molar-refractivity contribution in [1.29, 1.82) is 0 Å². The molecule has 2 N–H and O–H groups in total. The van der Waals surface area contributed by atoms with E-state index in [9.17, 15) is 0 Å². The number of imidazole rings is 1. The molecule has 0 bridgehead atoms. The minimum absolute atomic E-state index is 0.621. The van der Waals surface area contributed by atoms with Crippen LogP contribution >= 0.6 is 0 Å². The maximum Gasteiger partial charge on any atom is 0.160 e. The van der Waals surface area contributed by atoms with Crippen molar-refractivity contribution in [2.24, 2.45) is 7.05 Å². The van der Waals surface area contributed by atoms with E-state index in [1.54, 1.807) is 25.8 Å². The molecule has 0 saturated carbocycles. The lowest BCUT2D eigenvalue weighted by Gasteiger charge is -2.10. The van der Waals surface area contributed by atoms with E-state index >= 15 is 0 Å². The molecule has 0 spiro atoms. The first-order valence-electron chi connectivity index (χ1n) is 8.79. The first-order valence-corrected chi connectivity index (χ1v) is 8.79. The Morgan fingerprint density at radius 3 is 2.75 bits per heavy atom. The van der Waals surface area contributed by atoms with Crippen LogP contribution in [0.3, 0.4) is 0 Å². The Bertz CT molecular complexity index is 1080. The molecule has 0 radical (unpaired) electrons. The summed E-state index contributed by atoms with van der Waals surface area (Å²) in [6, 6.07) is 7.69. The number of nitrogens with one attached hydrogen (secondary N) is 2. The number of fused-ring (bicyclic) bond motifs is 1. The number of aromatic nitrogens is 6. The van der Waals surface area contributed by atoms with E-state index in [2.05, 4.69) is 30.6 Å². The average Bonchev–Trinajstić information content (AvgIpc) is 3.15. The highest BCUT2D eigenvalue weighted by molar-refractivity contribution is 5.88. The van der Waals surface area contributed by atoms with Gasteiger partial charge in [0.1, 0.15) is 17.7 Å². The number of aryl methyl sites for hydroxylation is 1. The third-order valence-corrected chi connectivity index (χ3v) is 4.20. The van der Waals surface area contributed by atoms with Crippen LogP contribution in [0.2, 0.25) is 0 Å². The number of pyridine rings is 2. The van der Waals surface area contributed by atoms with Gasteiger partial charge in [-0.2, -0.15) is 0 Å². The Morgan fingerprint density at radius 1 is 1.07 bits per heavy atom. The highest BCUT2D eigenvalue weighted by atomic mass is 16.5. The fraction of sp³-hybridized carbons (Fsp3) is 0.211. The van der Waals surface area contributed by atoms with Gasteiger partial charge in [0.2, 0.25) is 0 Å². The fourth-order valence-electron chi connectivity index (χ4n) is 2.77. The standard InChI is InChI=1S/C19H20N8O/c1-27-12-20-10-16(27)14-4-5-15-18(26-14)19(24-11-23-15)25-13-3-6-17(22-9-13)21-7-8-28-2/h3-6,9-12H,7-8H2,1-2H3,(H,21,22)(H,23,24,25). The lowest BCUT2D eigenvalue weighted by Crippen LogP contribution is -2.08. The van der Waals surface area contributed by atoms with Gasteiger partial charge in [-0.25, -0.2) is 24.9 Å². The molecule has 28 heavy (non-hydrogen) atoms. The van der Waals surface area contributed by atoms with Gasteiger partial charge in [0.25, 0.3) is 0 Å². The summed E-state index contributed by atoms with van der Waals surface area (Å²) in [4.78, 5) is 22.0. The molecular formula is C19H20N8O. The highest BCUT2D eigenvalue weighted by Gasteiger charge is 2.10. The van der Waals surface area contributed by atoms with Crippen molar-refractivity contribution in [3.05, 3.63) is 49.3 Å². The largest absolute Gasteiger partial charge is 0.383 e. The SMILES string of the molecule is COCCNc1ccc(Nc2ncnc3ccc(-c4cncn4C)nc23)cn1. The van der Waals surface area contributed by atoms with E-state index in [1.807, 2.05) is 35.9 Å². The summed E-state index contributed by atoms with van der Waals surface area (Å²) < 4.78 is 6.94. The molecule has 0 unspecified atom stereocenters. The molecule has 142 valence electrons. The molecule has 0 aliphatic rings. The average molecular weight is 376 g/mol. The number of anilines is 3. The van der Waals surface area contributed by atoms with Gasteiger partial charge < -0.3 is 19.9 Å². The first kappa shape index (κ1) is 17.8. The maximum absolute atomic E-state index is 5.02. The van der Waals surface area contributed by atoms with Crippen LogP contribution in [0.5, 0.6) is 0 Å². The van der Waals surface area contributed by atoms with Gasteiger partial charge in [-0.05, 0) is 24.3 Å². The quantitative estimate of drug-likeness (QED) is 0.475. The molecule has 0 atom stereocenters. The first-order chi connectivity index (χ1) is 13.7. The zero-order chi connectivity index (χ0) is 19.3. The van der Waals surface area contributed by atoms with Crippen molar-refractivity contribution in [3.63, 3.8) is 0 Å². The van der Waals surface area contributed by atoms with E-state index in [-0.39, 0.29) is 0 Å². The van der Waals surface area contributed by atoms with Crippen molar-refractivity contribution in [3.8, 4) is 11.4 Å². The molecule has 9 nitrogen and oxygen atoms in total. The van der Waals surface area contributed by atoms with E-state index < -0.39 is 0 Å². The second-order valence-electron chi connectivity index (χ2n) is 6.15. The summed E-state index contributed by atoms with van der Waals surface area (Å²) in [5, 5.41) is 6.46. The topological polar surface area (TPSA) is 103 Å². The molecule has 0 fully saturated rings. The normalized spacial score (nSPS) is 10.9. The van der Waals surface area contributed by atoms with Crippen LogP contribution in [0.4, 0.5) is 17.3 Å². The molecule has 0 aromatic carbocycles. The van der Waals surface area contributed by atoms with Crippen molar-refractivity contribution in [2.75, 3.05) is 30.9 Å². The van der Waals surface area contributed by atoms with Gasteiger partial charge in [-0.15, -0.1) is 0 Å². The zero-order valence-electron chi connectivity index (χ0n) is 15.6. The number of methoxy groups -OCH3 is 1. The number of nitrogens with zero attached hydrogens (tertiary/aromatic N) is 6. The van der Waals surface area contributed by atoms with Crippen LogP contribution < -0.4 is 10.6 Å². The van der Waals surface area contributed by atoms with Gasteiger partial charge in [-0.3, -0.25) is 0 Å². The Labute approximate surface area is 161 Å². The van der Waals surface area contributed by atoms with Crippen LogP contribution in [0, 0.1) is 0 Å². The predicted molar refractivity (Wildman–Crippen MR) is 107 cm³/mol. The molecule has 4 heterocycles. The molecule has 0 aliphatic carbocycles. The molecule has 0 saturated heterocycles. The van der Waals surface area contributed by atoms with Gasteiger partial charge in [0.05, 0.1) is 47.9 Å². The number of hydrogen-bond donors (Lipinski definition) is 2. The minimum Gasteiger partial charge on any atom is -0.383 e. The Morgan fingerprint density at radius 2 is 2.00 bits per heavy atom. The summed E-state index contributed by atoms with van der Waals surface area (Å²) in [7, 11) is 3.60. The molecule has 4 aromatic heterocycles. The molecule has 4 aromatic rings. The lowest BCUT2D eigenvalue weighted by molar-refractivity contribution is 0.210. The van der Waals surface area contributed by atoms with Gasteiger partial charge in [0, 0.05) is 20.7 Å². The molecule has 0 amide bonds. The van der Waals surface area contributed by atoms with E-state index in [0.29, 0.717) is 24.5 Å². The van der Waals surface area contributed by atoms with Crippen LogP contribution in [-0.4, -0.2) is 49.7 Å². The minimum atomic E-state index is 0.621. The smallest absolute Gasteiger partial charge is 0.160 e. The molecular weight excluding hydrogens is 356 g/mol. The van der Waals surface area contributed by atoms with E-state index in [0.717, 1.165) is 28.4 Å². The van der Waals surface area contributed by atoms with Crippen molar-refractivity contribution in [1.82, 2.24) is 29.5 Å². The Hall–Kier alpha value is -3.59. The Kier molecular flexibility index (Phi) is 5.07. The molecule has 9 heteroatoms. The summed E-state index contributed by atoms with van der Waals surface area (Å²) in [5.41, 5.74) is 3.98. The van der Waals surface area contributed by atoms with Gasteiger partial charge in [0.15, 0.2) is 5.82 Å². The highest BCUT2D eigenvalue weighted by Crippen LogP contribution is 2.25. The van der Waals surface area contributed by atoms with Crippen molar-refractivity contribution < 1.29 is 4.74 Å². The second-order valence-corrected chi connectivity index (χ2v) is 6.15. The summed E-state index contributed by atoms with van der Waals surface area (Å²) in [5.74, 6) is 1.41. The van der Waals surface area contributed by atoms with Crippen LogP contribution in [-0.2, 0) is 11.8 Å². The van der Waals surface area contributed by atoms with Gasteiger partial charge >= 0.3 is 0 Å². The number of ether oxygens (including phenoxy) is 1. The summed E-state index contributed by atoms with van der Waals surface area (Å²) >= 11 is 0. The second kappa shape index (κ2) is 7.97. The van der Waals surface area contributed by atoms with Crippen LogP contribution in [0.1, 0.15) is 0 Å². The third-order valence-electron chi connectivity index (χ3n) is 4.20. The van der Waals surface area contributed by atoms with Crippen molar-refractivity contribution in [2.45, 2.75) is 0 Å². The number of rotatable bonds is 7. The molecule has 0 aliphatic heterocycles. The lowest BCUT2D eigenvalue weighted by atomic mass is 10.2. The summed E-state index contributed by atoms with van der Waals surface area (Å²) in [6.07, 6.45) is 6.79. The van der Waals surface area contributed by atoms with Gasteiger partial charge in [-0.1, -0.05) is 0 Å². The van der Waals surface area contributed by atoms with E-state index in [1.165, 1.54) is 6.33 Å². The summed E-state index contributed by atoms with van der Waals surface area (Å²) in [6.45, 7) is 1.33. The van der Waals surface area contributed by atoms with E-state index in [4.69, 9.17) is 9.72 Å². The Balaban J connectivity index is 1.60. The predicted octanol–water partition coefficient (Wildman–Crippen LogP) is 2.62.